The van der Waals surface area contributed by atoms with Crippen LogP contribution >= 0.6 is 11.6 Å². The average molecular weight is 471 g/mol. The molecule has 5 aliphatic rings. The number of carbonyl (C=O) groups is 1. The Morgan fingerprint density at radius 2 is 1.67 bits per heavy atom. The molecule has 0 aliphatic heterocycles. The molecule has 0 aromatic rings. The van der Waals surface area contributed by atoms with Gasteiger partial charge in [-0.05, 0) is 110 Å². The van der Waals surface area contributed by atoms with Crippen molar-refractivity contribution < 1.29 is 4.79 Å². The molecule has 4 saturated carbocycles. The fraction of sp³-hybridized carbons (Fsp3) is 0.839. The number of rotatable bonds is 2. The summed E-state index contributed by atoms with van der Waals surface area (Å²) in [7, 11) is 0. The summed E-state index contributed by atoms with van der Waals surface area (Å²) in [5, 5.41) is 0.502. The van der Waals surface area contributed by atoms with Crippen molar-refractivity contribution in [1.29, 1.82) is 0 Å². The van der Waals surface area contributed by atoms with Crippen molar-refractivity contribution >= 4 is 17.4 Å². The Hall–Kier alpha value is -0.560. The zero-order chi connectivity index (χ0) is 24.2. The molecule has 2 heteroatoms. The van der Waals surface area contributed by atoms with Crippen LogP contribution in [0.25, 0.3) is 0 Å². The van der Waals surface area contributed by atoms with Gasteiger partial charge < -0.3 is 0 Å². The van der Waals surface area contributed by atoms with Gasteiger partial charge in [0.15, 0.2) is 5.78 Å². The number of Topliss-reactive ketones (excluding diaryl/α,β-unsaturated/α-hetero) is 1. The normalized spacial score (nSPS) is 52.8. The van der Waals surface area contributed by atoms with Crippen LogP contribution in [0.4, 0.5) is 0 Å². The van der Waals surface area contributed by atoms with E-state index in [0.29, 0.717) is 39.0 Å². The van der Waals surface area contributed by atoms with Gasteiger partial charge in [0.25, 0.3) is 0 Å². The van der Waals surface area contributed by atoms with E-state index in [1.807, 2.05) is 0 Å². The second kappa shape index (κ2) is 7.24. The van der Waals surface area contributed by atoms with Crippen molar-refractivity contribution in [2.45, 2.75) is 106 Å². The van der Waals surface area contributed by atoms with Gasteiger partial charge in [0.1, 0.15) is 0 Å². The van der Waals surface area contributed by atoms with E-state index in [1.165, 1.54) is 56.9 Å². The average Bonchev–Trinajstić information content (AvgIpc) is 3.13. The van der Waals surface area contributed by atoms with Gasteiger partial charge in [-0.15, -0.1) is 0 Å². The molecule has 4 fully saturated rings. The molecule has 0 N–H and O–H groups in total. The lowest BCUT2D eigenvalue weighted by molar-refractivity contribution is -0.218. The highest BCUT2D eigenvalue weighted by atomic mass is 35.5. The number of halogens is 1. The maximum Gasteiger partial charge on any atom is 0.179 e. The monoisotopic (exact) mass is 470 g/mol. The van der Waals surface area contributed by atoms with Gasteiger partial charge in [0, 0.05) is 5.41 Å². The molecule has 0 heterocycles. The first-order chi connectivity index (χ1) is 15.3. The SMILES string of the molecule is C=C(C)[C@@H]1CC[C@]2(CC)CC[C@]3(C)[C@H](CC[C@@H]4[C@@]5(C)C=C(Cl)C(=O)C(C)(C)[C@@H]5CC[C@]43C)[C@@H]12. The van der Waals surface area contributed by atoms with Crippen LogP contribution < -0.4 is 0 Å². The molecule has 0 radical (unpaired) electrons. The van der Waals surface area contributed by atoms with Crippen molar-refractivity contribution in [3.05, 3.63) is 23.3 Å². The summed E-state index contributed by atoms with van der Waals surface area (Å²) >= 11 is 6.68. The third-order valence-electron chi connectivity index (χ3n) is 13.2. The van der Waals surface area contributed by atoms with Crippen LogP contribution in [0.1, 0.15) is 106 Å². The first-order valence-corrected chi connectivity index (χ1v) is 14.2. The van der Waals surface area contributed by atoms with E-state index in [-0.39, 0.29) is 16.6 Å². The fourth-order valence-electron chi connectivity index (χ4n) is 11.3. The van der Waals surface area contributed by atoms with Crippen LogP contribution in [0.5, 0.6) is 0 Å². The lowest BCUT2D eigenvalue weighted by Gasteiger charge is -2.71. The molecular formula is C31H47ClO. The number of carbonyl (C=O) groups excluding carboxylic acids is 1. The quantitative estimate of drug-likeness (QED) is 0.368. The molecule has 9 atom stereocenters. The van der Waals surface area contributed by atoms with Crippen molar-refractivity contribution in [2.75, 3.05) is 0 Å². The maximum atomic E-state index is 13.1. The number of hydrogen-bond acceptors (Lipinski definition) is 1. The molecule has 5 rings (SSSR count). The molecule has 1 nitrogen and oxygen atoms in total. The minimum Gasteiger partial charge on any atom is -0.293 e. The topological polar surface area (TPSA) is 17.1 Å². The highest BCUT2D eigenvalue weighted by Gasteiger charge is 2.70. The summed E-state index contributed by atoms with van der Waals surface area (Å²) in [5.41, 5.74) is 2.29. The minimum absolute atomic E-state index is 0.0121. The summed E-state index contributed by atoms with van der Waals surface area (Å²) in [6.07, 6.45) is 14.1. The first kappa shape index (κ1) is 24.1. The second-order valence-corrected chi connectivity index (χ2v) is 14.7. The zero-order valence-corrected chi connectivity index (χ0v) is 23.1. The molecule has 0 unspecified atom stereocenters. The van der Waals surface area contributed by atoms with Crippen LogP contribution in [0.3, 0.4) is 0 Å². The number of hydrogen-bond donors (Lipinski definition) is 0. The van der Waals surface area contributed by atoms with E-state index >= 15 is 0 Å². The van der Waals surface area contributed by atoms with Crippen LogP contribution in [0.15, 0.2) is 23.3 Å². The van der Waals surface area contributed by atoms with Crippen LogP contribution in [0.2, 0.25) is 0 Å². The highest BCUT2D eigenvalue weighted by Crippen LogP contribution is 2.77. The molecule has 184 valence electrons. The molecule has 0 spiro atoms. The zero-order valence-electron chi connectivity index (χ0n) is 22.3. The van der Waals surface area contributed by atoms with E-state index < -0.39 is 0 Å². The molecule has 0 amide bonds. The van der Waals surface area contributed by atoms with E-state index in [2.05, 4.69) is 61.1 Å². The summed E-state index contributed by atoms with van der Waals surface area (Å²) < 4.78 is 0. The fourth-order valence-corrected chi connectivity index (χ4v) is 11.8. The van der Waals surface area contributed by atoms with E-state index in [4.69, 9.17) is 11.6 Å². The Bertz CT molecular complexity index is 914. The van der Waals surface area contributed by atoms with Gasteiger partial charge in [0.2, 0.25) is 0 Å². The van der Waals surface area contributed by atoms with Gasteiger partial charge >= 0.3 is 0 Å². The van der Waals surface area contributed by atoms with Crippen molar-refractivity contribution in [3.8, 4) is 0 Å². The van der Waals surface area contributed by atoms with Crippen LogP contribution in [-0.4, -0.2) is 5.78 Å². The smallest absolute Gasteiger partial charge is 0.179 e. The van der Waals surface area contributed by atoms with Gasteiger partial charge in [-0.25, -0.2) is 0 Å². The molecule has 0 saturated heterocycles. The first-order valence-electron chi connectivity index (χ1n) is 13.9. The molecule has 5 aliphatic carbocycles. The van der Waals surface area contributed by atoms with Crippen molar-refractivity contribution in [3.63, 3.8) is 0 Å². The Morgan fingerprint density at radius 3 is 2.30 bits per heavy atom. The van der Waals surface area contributed by atoms with E-state index in [0.717, 1.165) is 18.3 Å². The molecular weight excluding hydrogens is 424 g/mol. The van der Waals surface area contributed by atoms with E-state index in [9.17, 15) is 4.79 Å². The third-order valence-corrected chi connectivity index (χ3v) is 13.5. The lowest BCUT2D eigenvalue weighted by Crippen LogP contribution is -2.65. The van der Waals surface area contributed by atoms with Crippen molar-refractivity contribution in [2.24, 2.45) is 56.7 Å². The second-order valence-electron chi connectivity index (χ2n) is 14.3. The summed E-state index contributed by atoms with van der Waals surface area (Å²) in [4.78, 5) is 13.1. The predicted molar refractivity (Wildman–Crippen MR) is 139 cm³/mol. The van der Waals surface area contributed by atoms with Gasteiger partial charge in [-0.3, -0.25) is 4.79 Å². The summed E-state index contributed by atoms with van der Waals surface area (Å²) in [5.74, 6) is 3.48. The third kappa shape index (κ3) is 2.81. The number of fused-ring (bicyclic) bond motifs is 7. The number of ketones is 1. The van der Waals surface area contributed by atoms with E-state index in [1.54, 1.807) is 0 Å². The minimum atomic E-state index is -0.361. The Balaban J connectivity index is 1.59. The molecule has 0 bridgehead atoms. The largest absolute Gasteiger partial charge is 0.293 e. The van der Waals surface area contributed by atoms with Gasteiger partial charge in [0.05, 0.1) is 5.03 Å². The maximum absolute atomic E-state index is 13.1. The van der Waals surface area contributed by atoms with Gasteiger partial charge in [-0.2, -0.15) is 0 Å². The van der Waals surface area contributed by atoms with Crippen molar-refractivity contribution in [1.82, 2.24) is 0 Å². The Kier molecular flexibility index (Phi) is 5.30. The number of allylic oxidation sites excluding steroid dienone is 3. The highest BCUT2D eigenvalue weighted by molar-refractivity contribution is 6.43. The Morgan fingerprint density at radius 1 is 0.970 bits per heavy atom. The standard InChI is InChI=1S/C31H47ClO/c1-9-31-15-12-20(19(2)3)25(31)21-10-11-24-28(6)18-22(32)26(33)27(4,5)23(28)13-14-30(24,8)29(21,7)16-17-31/h18,20-21,23-25H,2,9-17H2,1,3-8H3/t20-,21+,23-,24+,25+,28-,29+,30+,31+/m0/s1. The molecule has 0 aromatic carbocycles. The lowest BCUT2D eigenvalue weighted by atomic mass is 9.33. The molecule has 0 aromatic heterocycles. The predicted octanol–water partition coefficient (Wildman–Crippen LogP) is 8.97. The molecule has 33 heavy (non-hydrogen) atoms. The van der Waals surface area contributed by atoms with Crippen LogP contribution in [-0.2, 0) is 4.79 Å². The Labute approximate surface area is 208 Å². The summed E-state index contributed by atoms with van der Waals surface area (Å²) in [6, 6.07) is 0. The summed E-state index contributed by atoms with van der Waals surface area (Å²) in [6.45, 7) is 21.4. The van der Waals surface area contributed by atoms with Crippen LogP contribution in [0, 0.1) is 56.7 Å². The van der Waals surface area contributed by atoms with Gasteiger partial charge in [-0.1, -0.05) is 77.8 Å².